The number of ether oxygens (including phenoxy) is 1. The first-order chi connectivity index (χ1) is 10.9. The van der Waals surface area contributed by atoms with Crippen molar-refractivity contribution in [3.63, 3.8) is 0 Å². The van der Waals surface area contributed by atoms with Crippen LogP contribution in [0.15, 0.2) is 36.9 Å². The highest BCUT2D eigenvalue weighted by Gasteiger charge is 2.29. The highest BCUT2D eigenvalue weighted by Crippen LogP contribution is 2.39. The van der Waals surface area contributed by atoms with Crippen molar-refractivity contribution in [2.24, 2.45) is 5.92 Å². The molecule has 0 spiro atoms. The lowest BCUT2D eigenvalue weighted by molar-refractivity contribution is 0.185. The Labute approximate surface area is 130 Å². The third-order valence-corrected chi connectivity index (χ3v) is 4.46. The van der Waals surface area contributed by atoms with Gasteiger partial charge >= 0.3 is 0 Å². The fourth-order valence-electron chi connectivity index (χ4n) is 3.02. The van der Waals surface area contributed by atoms with E-state index in [4.69, 9.17) is 4.74 Å². The molecular weight excluding hydrogens is 276 g/mol. The Morgan fingerprint density at radius 1 is 1.14 bits per heavy atom. The summed E-state index contributed by atoms with van der Waals surface area (Å²) in [6, 6.07) is 6.55. The molecule has 4 rings (SSSR count). The van der Waals surface area contributed by atoms with Crippen molar-refractivity contribution < 1.29 is 4.74 Å². The molecule has 0 unspecified atom stereocenters. The number of pyridine rings is 1. The van der Waals surface area contributed by atoms with E-state index >= 15 is 0 Å². The van der Waals surface area contributed by atoms with Crippen LogP contribution in [0.3, 0.4) is 0 Å². The quantitative estimate of drug-likeness (QED) is 0.918. The van der Waals surface area contributed by atoms with Crippen LogP contribution < -0.4 is 5.32 Å². The minimum Gasteiger partial charge on any atom is -0.379 e. The van der Waals surface area contributed by atoms with Crippen LogP contribution in [-0.2, 0) is 11.2 Å². The minimum absolute atomic E-state index is 0.301. The Balaban J connectivity index is 1.43. The predicted octanol–water partition coefficient (Wildman–Crippen LogP) is 2.42. The molecule has 114 valence electrons. The van der Waals surface area contributed by atoms with Gasteiger partial charge in [-0.2, -0.15) is 0 Å². The summed E-state index contributed by atoms with van der Waals surface area (Å²) in [5.41, 5.74) is 2.47. The van der Waals surface area contributed by atoms with Gasteiger partial charge < -0.3 is 10.1 Å². The molecule has 2 aromatic rings. The molecule has 1 aliphatic heterocycles. The molecule has 2 aliphatic rings. The van der Waals surface area contributed by atoms with Crippen LogP contribution in [0.4, 0.5) is 5.82 Å². The number of anilines is 1. The predicted molar refractivity (Wildman–Crippen MR) is 83.7 cm³/mol. The van der Waals surface area contributed by atoms with E-state index in [0.717, 1.165) is 25.5 Å². The summed E-state index contributed by atoms with van der Waals surface area (Å²) in [6.45, 7) is 1.53. The molecule has 0 aromatic carbocycles. The summed E-state index contributed by atoms with van der Waals surface area (Å²) in [6.07, 6.45) is 8.88. The molecule has 22 heavy (non-hydrogen) atoms. The Hall–Kier alpha value is -2.01. The maximum absolute atomic E-state index is 5.68. The molecule has 5 heteroatoms. The summed E-state index contributed by atoms with van der Waals surface area (Å²) < 4.78 is 5.68. The van der Waals surface area contributed by atoms with Crippen molar-refractivity contribution in [1.29, 1.82) is 0 Å². The largest absolute Gasteiger partial charge is 0.379 e. The number of rotatable bonds is 5. The molecule has 5 nitrogen and oxygen atoms in total. The van der Waals surface area contributed by atoms with E-state index in [1.165, 1.54) is 24.1 Å². The maximum atomic E-state index is 5.68. The summed E-state index contributed by atoms with van der Waals surface area (Å²) in [4.78, 5) is 12.8. The summed E-state index contributed by atoms with van der Waals surface area (Å²) in [5.74, 6) is 2.03. The average Bonchev–Trinajstić information content (AvgIpc) is 3.32. The van der Waals surface area contributed by atoms with Crippen molar-refractivity contribution in [2.45, 2.75) is 31.2 Å². The lowest BCUT2D eigenvalue weighted by Gasteiger charge is -2.19. The first kappa shape index (κ1) is 13.6. The van der Waals surface area contributed by atoms with Crippen LogP contribution in [0.2, 0.25) is 0 Å². The van der Waals surface area contributed by atoms with Crippen molar-refractivity contribution in [1.82, 2.24) is 15.0 Å². The lowest BCUT2D eigenvalue weighted by atomic mass is 9.95. The zero-order valence-corrected chi connectivity index (χ0v) is 12.5. The van der Waals surface area contributed by atoms with Gasteiger partial charge in [-0.15, -0.1) is 0 Å². The van der Waals surface area contributed by atoms with E-state index < -0.39 is 0 Å². The Morgan fingerprint density at radius 2 is 2.00 bits per heavy atom. The van der Waals surface area contributed by atoms with E-state index in [2.05, 4.69) is 38.5 Å². The highest BCUT2D eigenvalue weighted by atomic mass is 16.5. The van der Waals surface area contributed by atoms with Gasteiger partial charge in [0.05, 0.1) is 19.3 Å². The molecule has 0 radical (unpaired) electrons. The Bertz CT molecular complexity index is 630. The summed E-state index contributed by atoms with van der Waals surface area (Å²) in [5, 5.41) is 3.54. The van der Waals surface area contributed by atoms with E-state index in [1.807, 2.05) is 12.4 Å². The van der Waals surface area contributed by atoms with Crippen LogP contribution in [0.25, 0.3) is 0 Å². The average molecular weight is 296 g/mol. The standard InChI is InChI=1S/C17H20N4O/c1-2-13(1)15-8-17(20-11-19-15)21-16-10-22-9-14(16)7-12-3-5-18-6-4-12/h3-6,8,11,13-14,16H,1-2,7,9-10H2,(H,19,20,21)/t14-,16+/m1/s1. The van der Waals surface area contributed by atoms with Crippen LogP contribution in [0.1, 0.15) is 30.0 Å². The molecule has 1 saturated heterocycles. The molecule has 0 bridgehead atoms. The molecular formula is C17H20N4O. The van der Waals surface area contributed by atoms with Crippen LogP contribution in [0, 0.1) is 5.92 Å². The smallest absolute Gasteiger partial charge is 0.129 e. The maximum Gasteiger partial charge on any atom is 0.129 e. The SMILES string of the molecule is c1cc(C[C@@H]2COC[C@@H]2Nc2cc(C3CC3)ncn2)ccn1. The number of hydrogen-bond acceptors (Lipinski definition) is 5. The van der Waals surface area contributed by atoms with Gasteiger partial charge in [0.2, 0.25) is 0 Å². The van der Waals surface area contributed by atoms with Crippen LogP contribution in [-0.4, -0.2) is 34.2 Å². The fourth-order valence-corrected chi connectivity index (χ4v) is 3.02. The molecule has 2 atom stereocenters. The van der Waals surface area contributed by atoms with Gasteiger partial charge in [-0.1, -0.05) is 0 Å². The van der Waals surface area contributed by atoms with E-state index in [1.54, 1.807) is 6.33 Å². The molecule has 1 N–H and O–H groups in total. The molecule has 1 aliphatic carbocycles. The second-order valence-corrected chi connectivity index (χ2v) is 6.21. The van der Waals surface area contributed by atoms with Crippen molar-refractivity contribution in [2.75, 3.05) is 18.5 Å². The topological polar surface area (TPSA) is 59.9 Å². The molecule has 2 fully saturated rings. The number of aromatic nitrogens is 3. The minimum atomic E-state index is 0.301. The van der Waals surface area contributed by atoms with Gasteiger partial charge in [0.15, 0.2) is 0 Å². The van der Waals surface area contributed by atoms with E-state index in [9.17, 15) is 0 Å². The third kappa shape index (κ3) is 3.09. The zero-order valence-electron chi connectivity index (χ0n) is 12.5. The normalized spacial score (nSPS) is 24.4. The van der Waals surface area contributed by atoms with Crippen LogP contribution in [0.5, 0.6) is 0 Å². The molecule has 1 saturated carbocycles. The Kier molecular flexibility index (Phi) is 3.72. The third-order valence-electron chi connectivity index (χ3n) is 4.46. The van der Waals surface area contributed by atoms with Gasteiger partial charge in [0.1, 0.15) is 12.1 Å². The molecule has 3 heterocycles. The van der Waals surface area contributed by atoms with E-state index in [0.29, 0.717) is 17.9 Å². The zero-order chi connectivity index (χ0) is 14.8. The van der Waals surface area contributed by atoms with Crippen molar-refractivity contribution in [3.8, 4) is 0 Å². The highest BCUT2D eigenvalue weighted by molar-refractivity contribution is 5.38. The molecule has 0 amide bonds. The Morgan fingerprint density at radius 3 is 2.82 bits per heavy atom. The van der Waals surface area contributed by atoms with Gasteiger partial charge in [-0.25, -0.2) is 9.97 Å². The summed E-state index contributed by atoms with van der Waals surface area (Å²) in [7, 11) is 0. The first-order valence-corrected chi connectivity index (χ1v) is 7.93. The van der Waals surface area contributed by atoms with Gasteiger partial charge in [-0.3, -0.25) is 4.98 Å². The van der Waals surface area contributed by atoms with Crippen molar-refractivity contribution in [3.05, 3.63) is 48.2 Å². The second-order valence-electron chi connectivity index (χ2n) is 6.21. The number of hydrogen-bond donors (Lipinski definition) is 1. The molecule has 2 aromatic heterocycles. The lowest BCUT2D eigenvalue weighted by Crippen LogP contribution is -2.29. The van der Waals surface area contributed by atoms with Crippen molar-refractivity contribution >= 4 is 5.82 Å². The summed E-state index contributed by atoms with van der Waals surface area (Å²) >= 11 is 0. The number of nitrogens with zero attached hydrogens (tertiary/aromatic N) is 3. The van der Waals surface area contributed by atoms with Crippen LogP contribution >= 0.6 is 0 Å². The monoisotopic (exact) mass is 296 g/mol. The van der Waals surface area contributed by atoms with E-state index in [-0.39, 0.29) is 0 Å². The fraction of sp³-hybridized carbons (Fsp3) is 0.471. The first-order valence-electron chi connectivity index (χ1n) is 7.93. The van der Waals surface area contributed by atoms with Gasteiger partial charge in [0.25, 0.3) is 0 Å². The second kappa shape index (κ2) is 6.01. The van der Waals surface area contributed by atoms with Gasteiger partial charge in [0, 0.05) is 36.0 Å². The number of nitrogens with one attached hydrogen (secondary N) is 1. The van der Waals surface area contributed by atoms with Gasteiger partial charge in [-0.05, 0) is 37.0 Å².